The first-order valence-corrected chi connectivity index (χ1v) is 12.1. The molecule has 4 rings (SSSR count). The molecule has 0 spiro atoms. The standard InChI is InChI=1S/C12H15N3O5.C12H17N3O4/c1-19-11-6-8(10(15(17)18)7-9(11)13)12(16)14-2-4-20-5-3-14;1-18-12-6-9(8-14-2-4-19-5-3-14)11(15(16)17)7-10(12)13/h6-7H,2-5,13H2,1H3;6-7H,2-5,8,13H2,1H3. The van der Waals surface area contributed by atoms with Gasteiger partial charge in [0.1, 0.15) is 17.1 Å². The van der Waals surface area contributed by atoms with E-state index in [0.717, 1.165) is 19.2 Å². The number of amides is 1. The maximum absolute atomic E-state index is 12.4. The number of methoxy groups -OCH3 is 2. The lowest BCUT2D eigenvalue weighted by Crippen LogP contribution is -2.40. The number of nitro benzene ring substituents is 2. The van der Waals surface area contributed by atoms with E-state index in [2.05, 4.69) is 4.90 Å². The van der Waals surface area contributed by atoms with Gasteiger partial charge in [-0.05, 0) is 6.07 Å². The van der Waals surface area contributed by atoms with Crippen molar-refractivity contribution in [1.29, 1.82) is 0 Å². The SMILES string of the molecule is COc1cc(C(=O)N2CCOCC2)c([N+](=O)[O-])cc1N.COc1cc(CN2CCOCC2)c([N+](=O)[O-])cc1N. The third kappa shape index (κ3) is 7.43. The number of ether oxygens (including phenoxy) is 4. The monoisotopic (exact) mass is 548 g/mol. The van der Waals surface area contributed by atoms with Crippen LogP contribution < -0.4 is 20.9 Å². The van der Waals surface area contributed by atoms with Gasteiger partial charge in [-0.2, -0.15) is 0 Å². The summed E-state index contributed by atoms with van der Waals surface area (Å²) in [6.45, 7) is 4.99. The molecule has 15 heteroatoms. The van der Waals surface area contributed by atoms with E-state index in [0.29, 0.717) is 57.4 Å². The number of nitrogens with zero attached hydrogens (tertiary/aromatic N) is 4. The van der Waals surface area contributed by atoms with Gasteiger partial charge in [-0.15, -0.1) is 0 Å². The molecule has 0 unspecified atom stereocenters. The second-order valence-corrected chi connectivity index (χ2v) is 8.64. The molecule has 0 aliphatic carbocycles. The number of benzene rings is 2. The number of nitro groups is 2. The molecule has 2 aromatic carbocycles. The van der Waals surface area contributed by atoms with Crippen LogP contribution in [0.2, 0.25) is 0 Å². The molecule has 2 aliphatic rings. The van der Waals surface area contributed by atoms with Crippen molar-refractivity contribution in [3.05, 3.63) is 55.6 Å². The zero-order valence-electron chi connectivity index (χ0n) is 21.8. The van der Waals surface area contributed by atoms with Crippen molar-refractivity contribution in [2.45, 2.75) is 6.54 Å². The first-order valence-electron chi connectivity index (χ1n) is 12.1. The number of nitrogens with two attached hydrogens (primary N) is 2. The smallest absolute Gasteiger partial charge is 0.284 e. The third-order valence-corrected chi connectivity index (χ3v) is 6.20. The minimum absolute atomic E-state index is 0.0250. The van der Waals surface area contributed by atoms with Gasteiger partial charge >= 0.3 is 0 Å². The van der Waals surface area contributed by atoms with Crippen LogP contribution in [0.15, 0.2) is 24.3 Å². The average molecular weight is 549 g/mol. The fourth-order valence-electron chi connectivity index (χ4n) is 4.12. The Bertz CT molecular complexity index is 1200. The Morgan fingerprint density at radius 2 is 1.33 bits per heavy atom. The van der Waals surface area contributed by atoms with Gasteiger partial charge in [-0.1, -0.05) is 0 Å². The summed E-state index contributed by atoms with van der Waals surface area (Å²) in [7, 11) is 2.89. The van der Waals surface area contributed by atoms with E-state index < -0.39 is 15.8 Å². The van der Waals surface area contributed by atoms with Crippen LogP contribution in [0, 0.1) is 20.2 Å². The molecule has 0 bridgehead atoms. The van der Waals surface area contributed by atoms with E-state index in [9.17, 15) is 25.0 Å². The molecule has 1 amide bonds. The van der Waals surface area contributed by atoms with E-state index in [4.69, 9.17) is 30.4 Å². The lowest BCUT2D eigenvalue weighted by atomic mass is 10.1. The van der Waals surface area contributed by atoms with Gasteiger partial charge in [-0.25, -0.2) is 0 Å². The summed E-state index contributed by atoms with van der Waals surface area (Å²) in [6.07, 6.45) is 0. The molecule has 4 N–H and O–H groups in total. The number of carbonyl (C=O) groups excluding carboxylic acids is 1. The van der Waals surface area contributed by atoms with Crippen molar-refractivity contribution in [3.8, 4) is 11.5 Å². The van der Waals surface area contributed by atoms with E-state index in [1.54, 1.807) is 6.07 Å². The van der Waals surface area contributed by atoms with Crippen molar-refractivity contribution in [1.82, 2.24) is 9.80 Å². The number of nitrogen functional groups attached to an aromatic ring is 2. The lowest BCUT2D eigenvalue weighted by molar-refractivity contribution is -0.385. The molecule has 212 valence electrons. The minimum atomic E-state index is -0.622. The highest BCUT2D eigenvalue weighted by atomic mass is 16.6. The predicted molar refractivity (Wildman–Crippen MR) is 141 cm³/mol. The van der Waals surface area contributed by atoms with Crippen LogP contribution in [-0.2, 0) is 16.0 Å². The minimum Gasteiger partial charge on any atom is -0.495 e. The molecule has 0 radical (unpaired) electrons. The van der Waals surface area contributed by atoms with Gasteiger partial charge in [0.25, 0.3) is 17.3 Å². The first-order chi connectivity index (χ1) is 18.7. The Balaban J connectivity index is 0.000000216. The van der Waals surface area contributed by atoms with Gasteiger partial charge in [0.2, 0.25) is 0 Å². The van der Waals surface area contributed by atoms with Crippen molar-refractivity contribution >= 4 is 28.7 Å². The lowest BCUT2D eigenvalue weighted by Gasteiger charge is -2.26. The number of carbonyl (C=O) groups is 1. The highest BCUT2D eigenvalue weighted by Crippen LogP contribution is 2.32. The topological polar surface area (TPSA) is 199 Å². The Morgan fingerprint density at radius 1 is 0.846 bits per heavy atom. The van der Waals surface area contributed by atoms with Crippen molar-refractivity contribution in [2.24, 2.45) is 0 Å². The largest absolute Gasteiger partial charge is 0.495 e. The molecule has 2 fully saturated rings. The summed E-state index contributed by atoms with van der Waals surface area (Å²) >= 11 is 0. The molecule has 0 aromatic heterocycles. The number of hydrogen-bond donors (Lipinski definition) is 2. The third-order valence-electron chi connectivity index (χ3n) is 6.20. The van der Waals surface area contributed by atoms with Crippen LogP contribution in [0.4, 0.5) is 22.7 Å². The van der Waals surface area contributed by atoms with E-state index >= 15 is 0 Å². The Morgan fingerprint density at radius 3 is 1.85 bits per heavy atom. The molecular weight excluding hydrogens is 516 g/mol. The highest BCUT2D eigenvalue weighted by Gasteiger charge is 2.28. The molecular formula is C24H32N6O9. The van der Waals surface area contributed by atoms with Crippen molar-refractivity contribution in [3.63, 3.8) is 0 Å². The fourth-order valence-corrected chi connectivity index (χ4v) is 4.12. The summed E-state index contributed by atoms with van der Waals surface area (Å²) in [5.74, 6) is 0.291. The Labute approximate surface area is 224 Å². The summed E-state index contributed by atoms with van der Waals surface area (Å²) in [6, 6.07) is 5.45. The van der Waals surface area contributed by atoms with E-state index in [1.165, 1.54) is 31.3 Å². The molecule has 2 saturated heterocycles. The number of anilines is 2. The van der Waals surface area contributed by atoms with Crippen LogP contribution in [0.1, 0.15) is 15.9 Å². The molecule has 2 aliphatic heterocycles. The molecule has 15 nitrogen and oxygen atoms in total. The predicted octanol–water partition coefficient (Wildman–Crippen LogP) is 1.68. The van der Waals surface area contributed by atoms with Gasteiger partial charge in [0, 0.05) is 56.5 Å². The van der Waals surface area contributed by atoms with Gasteiger partial charge in [0.05, 0.1) is 61.9 Å². The molecule has 2 aromatic rings. The summed E-state index contributed by atoms with van der Waals surface area (Å²) < 4.78 is 20.5. The van der Waals surface area contributed by atoms with Crippen LogP contribution >= 0.6 is 0 Å². The molecule has 2 heterocycles. The number of hydrogen-bond acceptors (Lipinski definition) is 12. The summed E-state index contributed by atoms with van der Waals surface area (Å²) in [5, 5.41) is 22.2. The van der Waals surface area contributed by atoms with E-state index in [1.807, 2.05) is 0 Å². The van der Waals surface area contributed by atoms with Gasteiger partial charge in [-0.3, -0.25) is 29.9 Å². The van der Waals surface area contributed by atoms with Gasteiger partial charge < -0.3 is 35.3 Å². The van der Waals surface area contributed by atoms with Crippen LogP contribution in [0.5, 0.6) is 11.5 Å². The second-order valence-electron chi connectivity index (χ2n) is 8.64. The molecule has 39 heavy (non-hydrogen) atoms. The summed E-state index contributed by atoms with van der Waals surface area (Å²) in [4.78, 5) is 37.1. The summed E-state index contributed by atoms with van der Waals surface area (Å²) in [5.41, 5.74) is 12.0. The number of rotatable bonds is 7. The zero-order valence-corrected chi connectivity index (χ0v) is 21.8. The van der Waals surface area contributed by atoms with Gasteiger partial charge in [0.15, 0.2) is 0 Å². The molecule has 0 saturated carbocycles. The maximum Gasteiger partial charge on any atom is 0.284 e. The first kappa shape index (κ1) is 29.3. The van der Waals surface area contributed by atoms with Crippen LogP contribution in [-0.4, -0.2) is 92.4 Å². The Hall–Kier alpha value is -4.21. The number of morpholine rings is 2. The van der Waals surface area contributed by atoms with Crippen LogP contribution in [0.3, 0.4) is 0 Å². The van der Waals surface area contributed by atoms with Crippen molar-refractivity contribution in [2.75, 3.05) is 78.3 Å². The molecule has 0 atom stereocenters. The quantitative estimate of drug-likeness (QED) is 0.289. The normalized spacial score (nSPS) is 15.6. The maximum atomic E-state index is 12.4. The fraction of sp³-hybridized carbons (Fsp3) is 0.458. The van der Waals surface area contributed by atoms with Crippen LogP contribution in [0.25, 0.3) is 0 Å². The van der Waals surface area contributed by atoms with Crippen molar-refractivity contribution < 1.29 is 33.6 Å². The second kappa shape index (κ2) is 13.5. The highest BCUT2D eigenvalue weighted by molar-refractivity contribution is 5.99. The average Bonchev–Trinajstić information content (AvgIpc) is 2.94. The zero-order chi connectivity index (χ0) is 28.5. The Kier molecular flexibility index (Phi) is 10.2. The van der Waals surface area contributed by atoms with E-state index in [-0.39, 0.29) is 34.1 Å².